The van der Waals surface area contributed by atoms with E-state index in [4.69, 9.17) is 15.5 Å². The predicted molar refractivity (Wildman–Crippen MR) is 122 cm³/mol. The third-order valence-electron chi connectivity index (χ3n) is 5.85. The van der Waals surface area contributed by atoms with Crippen molar-refractivity contribution in [2.75, 3.05) is 25.1 Å². The molecule has 1 aromatic heterocycles. The van der Waals surface area contributed by atoms with E-state index in [0.29, 0.717) is 19.0 Å². The van der Waals surface area contributed by atoms with E-state index in [0.717, 1.165) is 18.9 Å². The average Bonchev–Trinajstić information content (AvgIpc) is 2.81. The van der Waals surface area contributed by atoms with Crippen LogP contribution in [0, 0.1) is 16.5 Å². The number of nitroso groups, excluding NO2 is 1. The van der Waals surface area contributed by atoms with Crippen molar-refractivity contribution < 1.29 is 13.5 Å². The quantitative estimate of drug-likeness (QED) is 0.588. The van der Waals surface area contributed by atoms with Crippen molar-refractivity contribution in [1.29, 1.82) is 0 Å². The Bertz CT molecular complexity index is 1270. The van der Waals surface area contributed by atoms with Crippen LogP contribution >= 0.6 is 0 Å². The molecule has 33 heavy (non-hydrogen) atoms. The average molecular weight is 455 g/mol. The predicted octanol–water partition coefficient (Wildman–Crippen LogP) is 3.73. The highest BCUT2D eigenvalue weighted by Crippen LogP contribution is 2.34. The minimum absolute atomic E-state index is 0.0267. The Kier molecular flexibility index (Phi) is 6.19. The number of nitrogens with zero attached hydrogens (tertiary/aromatic N) is 4. The lowest BCUT2D eigenvalue weighted by Crippen LogP contribution is -2.42. The summed E-state index contributed by atoms with van der Waals surface area (Å²) in [5.74, 6) is -1.07. The molecule has 0 radical (unpaired) electrons. The smallest absolute Gasteiger partial charge is 0.263 e. The highest BCUT2D eigenvalue weighted by molar-refractivity contribution is 5.81. The number of methoxy groups -OCH3 is 1. The number of nitrogens with two attached hydrogens (primary N) is 1. The molecule has 0 bridgehead atoms. The van der Waals surface area contributed by atoms with Crippen molar-refractivity contribution in [1.82, 2.24) is 9.55 Å². The van der Waals surface area contributed by atoms with E-state index in [1.807, 2.05) is 4.90 Å². The lowest BCUT2D eigenvalue weighted by molar-refractivity contribution is 0.386. The molecule has 2 N–H and O–H groups in total. The van der Waals surface area contributed by atoms with E-state index in [1.165, 1.54) is 35.9 Å². The second kappa shape index (κ2) is 9.07. The summed E-state index contributed by atoms with van der Waals surface area (Å²) in [4.78, 5) is 31.0. The molecular formula is C23H23F2N5O3. The van der Waals surface area contributed by atoms with Gasteiger partial charge in [-0.1, -0.05) is 12.1 Å². The van der Waals surface area contributed by atoms with Gasteiger partial charge in [0.15, 0.2) is 17.4 Å². The molecule has 1 aliphatic rings. The Morgan fingerprint density at radius 2 is 1.76 bits per heavy atom. The van der Waals surface area contributed by atoms with Gasteiger partial charge in [-0.05, 0) is 47.8 Å². The maximum absolute atomic E-state index is 14.5. The normalized spacial score (nSPS) is 14.4. The van der Waals surface area contributed by atoms with Crippen LogP contribution in [0.1, 0.15) is 12.8 Å². The maximum Gasteiger partial charge on any atom is 0.263 e. The number of hydrogen-bond donors (Lipinski definition) is 1. The topological polar surface area (TPSA) is 103 Å². The Morgan fingerprint density at radius 1 is 1.09 bits per heavy atom. The minimum Gasteiger partial charge on any atom is -0.494 e. The van der Waals surface area contributed by atoms with E-state index in [-0.39, 0.29) is 39.9 Å². The summed E-state index contributed by atoms with van der Waals surface area (Å²) < 4.78 is 35.3. The van der Waals surface area contributed by atoms with Crippen LogP contribution in [0.15, 0.2) is 46.4 Å². The van der Waals surface area contributed by atoms with Gasteiger partial charge >= 0.3 is 0 Å². The molecule has 0 saturated carbocycles. The largest absolute Gasteiger partial charge is 0.494 e. The fraction of sp³-hybridized carbons (Fsp3) is 0.304. The number of benzene rings is 2. The molecule has 0 atom stereocenters. The van der Waals surface area contributed by atoms with Crippen molar-refractivity contribution in [3.8, 4) is 28.1 Å². The zero-order valence-corrected chi connectivity index (χ0v) is 18.2. The number of halogens is 2. The van der Waals surface area contributed by atoms with Crippen molar-refractivity contribution in [2.45, 2.75) is 18.9 Å². The summed E-state index contributed by atoms with van der Waals surface area (Å²) in [5, 5.41) is 2.65. The SMILES string of the molecule is COc1ccc(-c2c(-c3ccc(N=O)c(F)c3)nc(N3CCC(N)CC3)n(C)c2=O)cc1F. The Labute approximate surface area is 188 Å². The standard InChI is InChI=1S/C23H23F2N5O3/c1-29-22(31)20(13-4-6-19(33-2)17(25)11-13)21(14-3-5-18(28-32)16(24)12-14)27-23(29)30-9-7-15(26)8-10-30/h3-6,11-12,15H,7-10,26H2,1-2H3. The number of hydrogen-bond acceptors (Lipinski definition) is 7. The van der Waals surface area contributed by atoms with Crippen LogP contribution < -0.4 is 20.9 Å². The first-order valence-corrected chi connectivity index (χ1v) is 10.4. The van der Waals surface area contributed by atoms with Crippen LogP contribution in [0.3, 0.4) is 0 Å². The first-order valence-electron chi connectivity index (χ1n) is 10.4. The molecule has 10 heteroatoms. The Hall–Kier alpha value is -3.66. The molecule has 0 unspecified atom stereocenters. The zero-order valence-electron chi connectivity index (χ0n) is 18.2. The molecule has 8 nitrogen and oxygen atoms in total. The van der Waals surface area contributed by atoms with Gasteiger partial charge in [0.25, 0.3) is 5.56 Å². The van der Waals surface area contributed by atoms with Gasteiger partial charge in [-0.3, -0.25) is 9.36 Å². The van der Waals surface area contributed by atoms with Crippen molar-refractivity contribution >= 4 is 11.6 Å². The summed E-state index contributed by atoms with van der Waals surface area (Å²) in [6.45, 7) is 1.22. The van der Waals surface area contributed by atoms with E-state index < -0.39 is 17.2 Å². The highest BCUT2D eigenvalue weighted by Gasteiger charge is 2.25. The molecule has 2 aromatic carbocycles. The first-order chi connectivity index (χ1) is 15.8. The van der Waals surface area contributed by atoms with Gasteiger partial charge in [-0.25, -0.2) is 13.8 Å². The zero-order chi connectivity index (χ0) is 23.7. The van der Waals surface area contributed by atoms with E-state index in [1.54, 1.807) is 13.1 Å². The van der Waals surface area contributed by atoms with E-state index >= 15 is 0 Å². The van der Waals surface area contributed by atoms with Crippen LogP contribution in [0.2, 0.25) is 0 Å². The summed E-state index contributed by atoms with van der Waals surface area (Å²) >= 11 is 0. The van der Waals surface area contributed by atoms with Gasteiger partial charge in [0.1, 0.15) is 5.69 Å². The molecule has 1 saturated heterocycles. The van der Waals surface area contributed by atoms with Crippen molar-refractivity contribution in [2.24, 2.45) is 18.0 Å². The van der Waals surface area contributed by atoms with Gasteiger partial charge in [0, 0.05) is 31.7 Å². The molecule has 0 aliphatic carbocycles. The lowest BCUT2D eigenvalue weighted by Gasteiger charge is -2.32. The lowest BCUT2D eigenvalue weighted by atomic mass is 9.99. The highest BCUT2D eigenvalue weighted by atomic mass is 19.1. The third kappa shape index (κ3) is 4.21. The van der Waals surface area contributed by atoms with Crippen molar-refractivity contribution in [3.05, 3.63) is 63.3 Å². The first kappa shape index (κ1) is 22.5. The monoisotopic (exact) mass is 455 g/mol. The Balaban J connectivity index is 1.96. The van der Waals surface area contributed by atoms with E-state index in [9.17, 15) is 18.5 Å². The maximum atomic E-state index is 14.5. The number of piperidine rings is 1. The second-order valence-electron chi connectivity index (χ2n) is 7.93. The van der Waals surface area contributed by atoms with Crippen LogP contribution in [-0.4, -0.2) is 35.8 Å². The molecule has 0 spiro atoms. The molecule has 1 fully saturated rings. The summed E-state index contributed by atoms with van der Waals surface area (Å²) in [5.41, 5.74) is 6.03. The molecule has 2 heterocycles. The van der Waals surface area contributed by atoms with Crippen LogP contribution in [0.25, 0.3) is 22.4 Å². The van der Waals surface area contributed by atoms with Crippen LogP contribution in [0.5, 0.6) is 5.75 Å². The van der Waals surface area contributed by atoms with Crippen LogP contribution in [-0.2, 0) is 7.05 Å². The van der Waals surface area contributed by atoms with Gasteiger partial charge in [-0.2, -0.15) is 0 Å². The van der Waals surface area contributed by atoms with Gasteiger partial charge in [-0.15, -0.1) is 4.91 Å². The van der Waals surface area contributed by atoms with Gasteiger partial charge in [0.2, 0.25) is 5.95 Å². The van der Waals surface area contributed by atoms with Crippen molar-refractivity contribution in [3.63, 3.8) is 0 Å². The fourth-order valence-corrected chi connectivity index (χ4v) is 3.99. The Morgan fingerprint density at radius 3 is 2.36 bits per heavy atom. The summed E-state index contributed by atoms with van der Waals surface area (Å²) in [6.07, 6.45) is 1.48. The fourth-order valence-electron chi connectivity index (χ4n) is 3.99. The number of anilines is 1. The molecule has 1 aliphatic heterocycles. The van der Waals surface area contributed by atoms with Gasteiger partial charge < -0.3 is 15.4 Å². The minimum atomic E-state index is -0.845. The second-order valence-corrected chi connectivity index (χ2v) is 7.93. The van der Waals surface area contributed by atoms with E-state index in [2.05, 4.69) is 5.18 Å². The summed E-state index contributed by atoms with van der Waals surface area (Å²) in [6, 6.07) is 7.98. The molecule has 0 amide bonds. The molecular weight excluding hydrogens is 432 g/mol. The number of aromatic nitrogens is 2. The van der Waals surface area contributed by atoms with Gasteiger partial charge in [0.05, 0.1) is 18.4 Å². The summed E-state index contributed by atoms with van der Waals surface area (Å²) in [7, 11) is 2.93. The third-order valence-corrected chi connectivity index (χ3v) is 5.85. The number of ether oxygens (including phenoxy) is 1. The molecule has 172 valence electrons. The number of rotatable bonds is 5. The molecule has 4 rings (SSSR count). The van der Waals surface area contributed by atoms with Crippen LogP contribution in [0.4, 0.5) is 20.4 Å². The molecule has 3 aromatic rings.